The number of hydrogen-bond acceptors (Lipinski definition) is 4. The molecule has 5 rings (SSSR count). The first-order chi connectivity index (χ1) is 12.8. The SMILES string of the molecule is NNC1CC=C(c2ccc3ccccc3n2)C2=C1Cc1ccccc1O2. The maximum Gasteiger partial charge on any atom is 0.137 e. The molecule has 1 aliphatic heterocycles. The van der Waals surface area contributed by atoms with E-state index in [1.165, 1.54) is 11.1 Å². The minimum absolute atomic E-state index is 0.0857. The van der Waals surface area contributed by atoms with Crippen molar-refractivity contribution in [3.63, 3.8) is 0 Å². The number of aromatic nitrogens is 1. The molecule has 2 aromatic carbocycles. The van der Waals surface area contributed by atoms with E-state index in [9.17, 15) is 0 Å². The molecule has 0 bridgehead atoms. The van der Waals surface area contributed by atoms with Crippen molar-refractivity contribution < 1.29 is 4.74 Å². The van der Waals surface area contributed by atoms with E-state index in [1.807, 2.05) is 36.4 Å². The van der Waals surface area contributed by atoms with Crippen LogP contribution >= 0.6 is 0 Å². The van der Waals surface area contributed by atoms with Gasteiger partial charge in [-0.15, -0.1) is 0 Å². The highest BCUT2D eigenvalue weighted by atomic mass is 16.5. The fourth-order valence-corrected chi connectivity index (χ4v) is 3.80. The standard InChI is InChI=1S/C22H19N3O/c23-25-20-12-10-16(19-11-9-14-5-1-3-7-18(14)24-19)22-17(20)13-15-6-2-4-8-21(15)26-22/h1-11,20,25H,12-13,23H2. The highest BCUT2D eigenvalue weighted by Gasteiger charge is 2.31. The lowest BCUT2D eigenvalue weighted by Gasteiger charge is -2.32. The second kappa shape index (κ2) is 6.09. The van der Waals surface area contributed by atoms with Crippen molar-refractivity contribution in [1.29, 1.82) is 0 Å². The fourth-order valence-electron chi connectivity index (χ4n) is 3.80. The number of para-hydroxylation sites is 2. The summed E-state index contributed by atoms with van der Waals surface area (Å²) in [6.45, 7) is 0. The van der Waals surface area contributed by atoms with Crippen molar-refractivity contribution in [2.45, 2.75) is 18.9 Å². The number of fused-ring (bicyclic) bond motifs is 2. The third-order valence-corrected chi connectivity index (χ3v) is 5.16. The number of nitrogens with zero attached hydrogens (tertiary/aromatic N) is 1. The number of pyridine rings is 1. The van der Waals surface area contributed by atoms with Gasteiger partial charge in [-0.05, 0) is 35.8 Å². The molecule has 4 nitrogen and oxygen atoms in total. The van der Waals surface area contributed by atoms with E-state index in [0.717, 1.165) is 46.5 Å². The number of benzene rings is 2. The molecular formula is C22H19N3O. The zero-order valence-corrected chi connectivity index (χ0v) is 14.3. The van der Waals surface area contributed by atoms with Crippen molar-refractivity contribution in [3.05, 3.63) is 89.3 Å². The van der Waals surface area contributed by atoms with E-state index in [2.05, 4.69) is 35.8 Å². The summed E-state index contributed by atoms with van der Waals surface area (Å²) in [6.07, 6.45) is 3.84. The highest BCUT2D eigenvalue weighted by Crippen LogP contribution is 2.40. The first kappa shape index (κ1) is 15.3. The third-order valence-electron chi connectivity index (χ3n) is 5.16. The van der Waals surface area contributed by atoms with Gasteiger partial charge in [-0.3, -0.25) is 11.3 Å². The molecule has 128 valence electrons. The van der Waals surface area contributed by atoms with Crippen molar-refractivity contribution in [3.8, 4) is 5.75 Å². The van der Waals surface area contributed by atoms with Gasteiger partial charge >= 0.3 is 0 Å². The van der Waals surface area contributed by atoms with E-state index < -0.39 is 0 Å². The number of hydrazine groups is 1. The fraction of sp³-hybridized carbons (Fsp3) is 0.136. The molecule has 1 aliphatic carbocycles. The number of nitrogens with one attached hydrogen (secondary N) is 1. The molecule has 26 heavy (non-hydrogen) atoms. The minimum atomic E-state index is 0.0857. The zero-order valence-electron chi connectivity index (χ0n) is 14.3. The summed E-state index contributed by atoms with van der Waals surface area (Å²) in [5.74, 6) is 7.61. The summed E-state index contributed by atoms with van der Waals surface area (Å²) in [5, 5.41) is 1.14. The number of allylic oxidation sites excluding steroid dienone is 1. The molecule has 0 fully saturated rings. The summed E-state index contributed by atoms with van der Waals surface area (Å²) in [5.41, 5.74) is 8.29. The Morgan fingerprint density at radius 1 is 1.00 bits per heavy atom. The maximum absolute atomic E-state index is 6.32. The predicted molar refractivity (Wildman–Crippen MR) is 103 cm³/mol. The van der Waals surface area contributed by atoms with Gasteiger partial charge in [0.1, 0.15) is 11.5 Å². The zero-order chi connectivity index (χ0) is 17.5. The van der Waals surface area contributed by atoms with Crippen LogP contribution in [0.15, 0.2) is 78.1 Å². The van der Waals surface area contributed by atoms with Gasteiger partial charge in [0, 0.05) is 23.4 Å². The van der Waals surface area contributed by atoms with Crippen LogP contribution in [-0.4, -0.2) is 11.0 Å². The lowest BCUT2D eigenvalue weighted by atomic mass is 9.85. The number of hydrogen-bond donors (Lipinski definition) is 2. The lowest BCUT2D eigenvalue weighted by molar-refractivity contribution is 0.402. The van der Waals surface area contributed by atoms with Crippen molar-refractivity contribution in [1.82, 2.24) is 10.4 Å². The quantitative estimate of drug-likeness (QED) is 0.551. The molecular weight excluding hydrogens is 322 g/mol. The molecule has 0 spiro atoms. The molecule has 3 aromatic rings. The van der Waals surface area contributed by atoms with Crippen LogP contribution in [0.2, 0.25) is 0 Å². The maximum atomic E-state index is 6.32. The minimum Gasteiger partial charge on any atom is -0.456 e. The van der Waals surface area contributed by atoms with E-state index in [-0.39, 0.29) is 6.04 Å². The Labute approximate surface area is 152 Å². The van der Waals surface area contributed by atoms with Gasteiger partial charge in [0.2, 0.25) is 0 Å². The van der Waals surface area contributed by atoms with E-state index in [4.69, 9.17) is 15.6 Å². The van der Waals surface area contributed by atoms with Gasteiger partial charge < -0.3 is 4.74 Å². The number of rotatable bonds is 2. The molecule has 1 atom stereocenters. The summed E-state index contributed by atoms with van der Waals surface area (Å²) < 4.78 is 6.32. The lowest BCUT2D eigenvalue weighted by Crippen LogP contribution is -2.40. The van der Waals surface area contributed by atoms with Gasteiger partial charge in [0.05, 0.1) is 11.2 Å². The van der Waals surface area contributed by atoms with Crippen LogP contribution in [0.1, 0.15) is 17.7 Å². The van der Waals surface area contributed by atoms with Gasteiger partial charge in [-0.25, -0.2) is 4.98 Å². The highest BCUT2D eigenvalue weighted by molar-refractivity contribution is 5.85. The Morgan fingerprint density at radius 3 is 2.77 bits per heavy atom. The van der Waals surface area contributed by atoms with Crippen LogP contribution in [0.25, 0.3) is 16.5 Å². The van der Waals surface area contributed by atoms with Gasteiger partial charge in [-0.1, -0.05) is 48.5 Å². The summed E-state index contributed by atoms with van der Waals surface area (Å²) in [4.78, 5) is 4.86. The Bertz CT molecular complexity index is 1070. The van der Waals surface area contributed by atoms with Crippen molar-refractivity contribution >= 4 is 16.5 Å². The van der Waals surface area contributed by atoms with Gasteiger partial charge in [0.25, 0.3) is 0 Å². The van der Waals surface area contributed by atoms with E-state index in [0.29, 0.717) is 0 Å². The summed E-state index contributed by atoms with van der Waals surface area (Å²) >= 11 is 0. The average molecular weight is 341 g/mol. The smallest absolute Gasteiger partial charge is 0.137 e. The normalized spacial score (nSPS) is 18.8. The molecule has 0 radical (unpaired) electrons. The second-order valence-electron chi connectivity index (χ2n) is 6.70. The van der Waals surface area contributed by atoms with Crippen LogP contribution in [0.4, 0.5) is 0 Å². The molecule has 4 heteroatoms. The monoisotopic (exact) mass is 341 g/mol. The third kappa shape index (κ3) is 2.43. The molecule has 2 aliphatic rings. The van der Waals surface area contributed by atoms with Crippen LogP contribution < -0.4 is 16.0 Å². The molecule has 3 N–H and O–H groups in total. The molecule has 0 amide bonds. The molecule has 0 saturated heterocycles. The van der Waals surface area contributed by atoms with E-state index >= 15 is 0 Å². The predicted octanol–water partition coefficient (Wildman–Crippen LogP) is 3.74. The van der Waals surface area contributed by atoms with Crippen LogP contribution in [-0.2, 0) is 6.42 Å². The van der Waals surface area contributed by atoms with Crippen LogP contribution in [0.5, 0.6) is 5.75 Å². The van der Waals surface area contributed by atoms with Crippen molar-refractivity contribution in [2.24, 2.45) is 5.84 Å². The van der Waals surface area contributed by atoms with Gasteiger partial charge in [0.15, 0.2) is 0 Å². The first-order valence-corrected chi connectivity index (χ1v) is 8.85. The topological polar surface area (TPSA) is 60.2 Å². The first-order valence-electron chi connectivity index (χ1n) is 8.85. The van der Waals surface area contributed by atoms with E-state index in [1.54, 1.807) is 0 Å². The van der Waals surface area contributed by atoms with Crippen LogP contribution in [0.3, 0.4) is 0 Å². The van der Waals surface area contributed by atoms with Crippen molar-refractivity contribution in [2.75, 3.05) is 0 Å². The summed E-state index contributed by atoms with van der Waals surface area (Å²) in [6, 6.07) is 20.6. The van der Waals surface area contributed by atoms with Gasteiger partial charge in [-0.2, -0.15) is 0 Å². The number of ether oxygens (including phenoxy) is 1. The Hall–Kier alpha value is -2.95. The summed E-state index contributed by atoms with van der Waals surface area (Å²) in [7, 11) is 0. The molecule has 2 heterocycles. The molecule has 1 aromatic heterocycles. The molecule has 0 saturated carbocycles. The number of nitrogens with two attached hydrogens (primary N) is 1. The Morgan fingerprint density at radius 2 is 1.85 bits per heavy atom. The average Bonchev–Trinajstić information content (AvgIpc) is 2.71. The Balaban J connectivity index is 1.62. The second-order valence-corrected chi connectivity index (χ2v) is 6.70. The van der Waals surface area contributed by atoms with Crippen LogP contribution in [0, 0.1) is 0 Å². The molecule has 1 unspecified atom stereocenters. The largest absolute Gasteiger partial charge is 0.456 e. The Kier molecular flexibility index (Phi) is 3.59.